The molecule has 4 heteroatoms. The van der Waals surface area contributed by atoms with Gasteiger partial charge in [-0.15, -0.1) is 11.3 Å². The first-order chi connectivity index (χ1) is 12.9. The van der Waals surface area contributed by atoms with Crippen LogP contribution in [0.2, 0.25) is 0 Å². The molecule has 27 heavy (non-hydrogen) atoms. The van der Waals surface area contributed by atoms with Crippen LogP contribution in [0, 0.1) is 22.7 Å². The number of aliphatic imine (C=N–C) groups is 1. The van der Waals surface area contributed by atoms with Gasteiger partial charge in [0.25, 0.3) is 0 Å². The Morgan fingerprint density at radius 1 is 1.41 bits per heavy atom. The number of thiophene rings is 1. The van der Waals surface area contributed by atoms with E-state index in [4.69, 9.17) is 4.74 Å². The molecule has 1 aliphatic carbocycles. The molecule has 1 heterocycles. The van der Waals surface area contributed by atoms with Crippen LogP contribution >= 0.6 is 11.3 Å². The van der Waals surface area contributed by atoms with Crippen molar-refractivity contribution in [3.8, 4) is 11.8 Å². The summed E-state index contributed by atoms with van der Waals surface area (Å²) in [5.41, 5.74) is 3.24. The number of hydrogen-bond donors (Lipinski definition) is 0. The summed E-state index contributed by atoms with van der Waals surface area (Å²) >= 11 is 1.68. The molecule has 1 atom stereocenters. The predicted molar refractivity (Wildman–Crippen MR) is 113 cm³/mol. The van der Waals surface area contributed by atoms with Gasteiger partial charge in [-0.1, -0.05) is 45.6 Å². The zero-order valence-corrected chi connectivity index (χ0v) is 17.1. The number of ether oxygens (including phenoxy) is 1. The third kappa shape index (κ3) is 4.48. The molecule has 0 saturated carbocycles. The Bertz CT molecular complexity index is 896. The van der Waals surface area contributed by atoms with E-state index in [0.717, 1.165) is 41.1 Å². The van der Waals surface area contributed by atoms with E-state index >= 15 is 0 Å². The van der Waals surface area contributed by atoms with E-state index < -0.39 is 0 Å². The lowest BCUT2D eigenvalue weighted by molar-refractivity contribution is 0.218. The first kappa shape index (κ1) is 19.4. The average molecular weight is 379 g/mol. The smallest absolute Gasteiger partial charge is 0.134 e. The number of hydrogen-bond acceptors (Lipinski definition) is 4. The topological polar surface area (TPSA) is 45.4 Å². The molecule has 0 bridgehead atoms. The van der Waals surface area contributed by atoms with Crippen molar-refractivity contribution in [2.45, 2.75) is 40.0 Å². The van der Waals surface area contributed by atoms with Crippen molar-refractivity contribution in [2.24, 2.45) is 16.3 Å². The maximum Gasteiger partial charge on any atom is 0.134 e. The second-order valence-corrected chi connectivity index (χ2v) is 9.12. The third-order valence-electron chi connectivity index (χ3n) is 5.14. The normalized spacial score (nSPS) is 16.7. The molecule has 140 valence electrons. The minimum Gasteiger partial charge on any atom is -0.490 e. The van der Waals surface area contributed by atoms with Gasteiger partial charge in [0, 0.05) is 11.1 Å². The van der Waals surface area contributed by atoms with Crippen LogP contribution in [0.3, 0.4) is 0 Å². The standard InChI is InChI=1S/C23H26N2OS/c1-5-11-26-18-8-6-7-16(12-18)15-25-22-20(14-24)19-10-9-17(23(2,3)4)13-21(19)27-22/h5-8,12,15,17H,1,9-11,13H2,2-4H3/t17-/m0/s1. The van der Waals surface area contributed by atoms with Crippen LogP contribution in [0.5, 0.6) is 5.75 Å². The number of benzene rings is 1. The molecule has 0 aliphatic heterocycles. The van der Waals surface area contributed by atoms with Gasteiger partial charge in [-0.3, -0.25) is 0 Å². The van der Waals surface area contributed by atoms with Gasteiger partial charge in [0.2, 0.25) is 0 Å². The van der Waals surface area contributed by atoms with Gasteiger partial charge >= 0.3 is 0 Å². The van der Waals surface area contributed by atoms with Crippen molar-refractivity contribution in [1.29, 1.82) is 5.26 Å². The molecule has 0 amide bonds. The summed E-state index contributed by atoms with van der Waals surface area (Å²) in [6.45, 7) is 11.1. The molecular formula is C23H26N2OS. The highest BCUT2D eigenvalue weighted by atomic mass is 32.1. The predicted octanol–water partition coefficient (Wildman–Crippen LogP) is 6.09. The highest BCUT2D eigenvalue weighted by Gasteiger charge is 2.32. The highest BCUT2D eigenvalue weighted by molar-refractivity contribution is 7.16. The summed E-state index contributed by atoms with van der Waals surface area (Å²) < 4.78 is 5.57. The second kappa shape index (κ2) is 8.10. The fraction of sp³-hybridized carbons (Fsp3) is 0.391. The molecular weight excluding hydrogens is 352 g/mol. The van der Waals surface area contributed by atoms with Crippen LogP contribution in [0.4, 0.5) is 5.00 Å². The fourth-order valence-corrected chi connectivity index (χ4v) is 4.71. The molecule has 0 N–H and O–H groups in total. The van der Waals surface area contributed by atoms with Crippen LogP contribution in [0.25, 0.3) is 0 Å². The SMILES string of the molecule is C=CCOc1cccc(C=Nc2sc3c(c2C#N)CC[C@H](C(C)(C)C)C3)c1. The molecule has 1 aromatic heterocycles. The van der Waals surface area contributed by atoms with E-state index in [1.165, 1.54) is 10.4 Å². The Morgan fingerprint density at radius 2 is 2.22 bits per heavy atom. The molecule has 0 radical (unpaired) electrons. The molecule has 0 unspecified atom stereocenters. The molecule has 1 aliphatic rings. The summed E-state index contributed by atoms with van der Waals surface area (Å²) in [6, 6.07) is 10.2. The zero-order valence-electron chi connectivity index (χ0n) is 16.3. The lowest BCUT2D eigenvalue weighted by atomic mass is 9.72. The molecule has 1 aromatic carbocycles. The van der Waals surface area contributed by atoms with Gasteiger partial charge in [0.15, 0.2) is 0 Å². The minimum absolute atomic E-state index is 0.295. The highest BCUT2D eigenvalue weighted by Crippen LogP contribution is 2.44. The quantitative estimate of drug-likeness (QED) is 0.467. The Labute approximate surface area is 166 Å². The van der Waals surface area contributed by atoms with Crippen molar-refractivity contribution in [3.63, 3.8) is 0 Å². The molecule has 0 fully saturated rings. The Kier molecular flexibility index (Phi) is 5.82. The van der Waals surface area contributed by atoms with E-state index in [1.807, 2.05) is 30.5 Å². The van der Waals surface area contributed by atoms with Gasteiger partial charge in [-0.25, -0.2) is 4.99 Å². The molecule has 0 spiro atoms. The molecule has 3 rings (SSSR count). The summed E-state index contributed by atoms with van der Waals surface area (Å²) in [5.74, 6) is 1.45. The summed E-state index contributed by atoms with van der Waals surface area (Å²) in [7, 11) is 0. The van der Waals surface area contributed by atoms with Gasteiger partial charge in [0.1, 0.15) is 23.4 Å². The van der Waals surface area contributed by atoms with E-state index in [9.17, 15) is 5.26 Å². The monoisotopic (exact) mass is 378 g/mol. The number of fused-ring (bicyclic) bond motifs is 1. The fourth-order valence-electron chi connectivity index (χ4n) is 3.49. The van der Waals surface area contributed by atoms with Crippen LogP contribution < -0.4 is 4.74 Å². The van der Waals surface area contributed by atoms with Crippen molar-refractivity contribution in [1.82, 2.24) is 0 Å². The Hall–Kier alpha value is -2.38. The lowest BCUT2D eigenvalue weighted by Crippen LogP contribution is -2.26. The summed E-state index contributed by atoms with van der Waals surface area (Å²) in [6.07, 6.45) is 6.73. The third-order valence-corrected chi connectivity index (χ3v) is 6.30. The molecule has 2 aromatic rings. The maximum absolute atomic E-state index is 9.68. The lowest BCUT2D eigenvalue weighted by Gasteiger charge is -2.33. The van der Waals surface area contributed by atoms with Crippen LogP contribution in [-0.2, 0) is 12.8 Å². The van der Waals surface area contributed by atoms with Crippen LogP contribution in [-0.4, -0.2) is 12.8 Å². The first-order valence-corrected chi connectivity index (χ1v) is 10.2. The van der Waals surface area contributed by atoms with Crippen molar-refractivity contribution in [3.05, 3.63) is 58.5 Å². The van der Waals surface area contributed by atoms with Crippen molar-refractivity contribution >= 4 is 22.6 Å². The largest absolute Gasteiger partial charge is 0.490 e. The number of rotatable bonds is 5. The molecule has 3 nitrogen and oxygen atoms in total. The second-order valence-electron chi connectivity index (χ2n) is 8.03. The number of nitriles is 1. The van der Waals surface area contributed by atoms with Gasteiger partial charge in [-0.05, 0) is 53.9 Å². The number of nitrogens with zero attached hydrogens (tertiary/aromatic N) is 2. The van der Waals surface area contributed by atoms with Crippen molar-refractivity contribution < 1.29 is 4.74 Å². The van der Waals surface area contributed by atoms with E-state index in [2.05, 4.69) is 38.4 Å². The summed E-state index contributed by atoms with van der Waals surface area (Å²) in [5, 5.41) is 10.5. The van der Waals surface area contributed by atoms with Crippen LogP contribution in [0.15, 0.2) is 41.9 Å². The van der Waals surface area contributed by atoms with Gasteiger partial charge < -0.3 is 4.74 Å². The molecule has 0 saturated heterocycles. The summed E-state index contributed by atoms with van der Waals surface area (Å²) in [4.78, 5) is 6.00. The minimum atomic E-state index is 0.295. The van der Waals surface area contributed by atoms with E-state index in [0.29, 0.717) is 17.9 Å². The Balaban J connectivity index is 1.84. The average Bonchev–Trinajstić information content (AvgIpc) is 3.01. The van der Waals surface area contributed by atoms with E-state index in [-0.39, 0.29) is 0 Å². The maximum atomic E-state index is 9.68. The van der Waals surface area contributed by atoms with Crippen molar-refractivity contribution in [2.75, 3.05) is 6.61 Å². The van der Waals surface area contributed by atoms with Gasteiger partial charge in [-0.2, -0.15) is 5.26 Å². The van der Waals surface area contributed by atoms with Crippen LogP contribution in [0.1, 0.15) is 48.8 Å². The van der Waals surface area contributed by atoms with Gasteiger partial charge in [0.05, 0.1) is 5.56 Å². The first-order valence-electron chi connectivity index (χ1n) is 9.35. The zero-order chi connectivity index (χ0) is 19.4. The van der Waals surface area contributed by atoms with E-state index in [1.54, 1.807) is 17.4 Å². The Morgan fingerprint density at radius 3 is 2.93 bits per heavy atom.